The zero-order chi connectivity index (χ0) is 17.8. The minimum Gasteiger partial charge on any atom is -0.347 e. The molecule has 3 rings (SSSR count). The highest BCUT2D eigenvalue weighted by atomic mass is 16.2. The summed E-state index contributed by atoms with van der Waals surface area (Å²) in [7, 11) is 0. The number of fused-ring (bicyclic) bond motifs is 1. The van der Waals surface area contributed by atoms with Crippen LogP contribution < -0.4 is 10.6 Å². The van der Waals surface area contributed by atoms with E-state index < -0.39 is 0 Å². The summed E-state index contributed by atoms with van der Waals surface area (Å²) >= 11 is 0. The van der Waals surface area contributed by atoms with Crippen LogP contribution in [-0.2, 0) is 11.3 Å². The van der Waals surface area contributed by atoms with Gasteiger partial charge in [-0.15, -0.1) is 0 Å². The predicted molar refractivity (Wildman–Crippen MR) is 99.7 cm³/mol. The number of aromatic nitrogens is 1. The molecule has 0 bridgehead atoms. The van der Waals surface area contributed by atoms with Gasteiger partial charge in [0.15, 0.2) is 0 Å². The van der Waals surface area contributed by atoms with Crippen LogP contribution in [0.15, 0.2) is 30.5 Å². The largest absolute Gasteiger partial charge is 0.347 e. The standard InChI is InChI=1S/C19H26N4O2/c1-3-9-22-10-7-14-5-6-15(12-17(14)22)20-19(25)21-16-8-11-23(13-16)18(24)4-2/h5-7,10,12,16H,3-4,8-9,11,13H2,1-2H3,(H2,20,21,25). The molecule has 1 aliphatic heterocycles. The van der Waals surface area contributed by atoms with Crippen LogP contribution in [0.5, 0.6) is 0 Å². The Morgan fingerprint density at radius 2 is 2.08 bits per heavy atom. The molecule has 0 saturated carbocycles. The van der Waals surface area contributed by atoms with Crippen LogP contribution in [0.1, 0.15) is 33.1 Å². The molecule has 1 aliphatic rings. The van der Waals surface area contributed by atoms with E-state index in [9.17, 15) is 9.59 Å². The summed E-state index contributed by atoms with van der Waals surface area (Å²) in [5.41, 5.74) is 1.90. The Morgan fingerprint density at radius 1 is 1.24 bits per heavy atom. The van der Waals surface area contributed by atoms with Crippen molar-refractivity contribution in [1.82, 2.24) is 14.8 Å². The monoisotopic (exact) mass is 342 g/mol. The lowest BCUT2D eigenvalue weighted by Gasteiger charge is -2.16. The normalized spacial score (nSPS) is 17.0. The fourth-order valence-electron chi connectivity index (χ4n) is 3.38. The molecule has 25 heavy (non-hydrogen) atoms. The van der Waals surface area contributed by atoms with Gasteiger partial charge in [-0.1, -0.05) is 19.9 Å². The topological polar surface area (TPSA) is 66.4 Å². The number of hydrogen-bond acceptors (Lipinski definition) is 2. The number of likely N-dealkylation sites (tertiary alicyclic amines) is 1. The van der Waals surface area contributed by atoms with Crippen LogP contribution in [-0.4, -0.2) is 40.5 Å². The molecular weight excluding hydrogens is 316 g/mol. The number of benzene rings is 1. The predicted octanol–water partition coefficient (Wildman–Crippen LogP) is 3.18. The number of nitrogens with zero attached hydrogens (tertiary/aromatic N) is 2. The fraction of sp³-hybridized carbons (Fsp3) is 0.474. The molecule has 2 heterocycles. The third-order valence-corrected chi connectivity index (χ3v) is 4.67. The quantitative estimate of drug-likeness (QED) is 0.876. The van der Waals surface area contributed by atoms with Crippen LogP contribution in [0.2, 0.25) is 0 Å². The van der Waals surface area contributed by atoms with Gasteiger partial charge in [0.25, 0.3) is 0 Å². The van der Waals surface area contributed by atoms with Gasteiger partial charge in [-0.2, -0.15) is 0 Å². The molecule has 1 aromatic heterocycles. The second-order valence-corrected chi connectivity index (χ2v) is 6.56. The summed E-state index contributed by atoms with van der Waals surface area (Å²) in [5.74, 6) is 0.145. The molecule has 3 amide bonds. The summed E-state index contributed by atoms with van der Waals surface area (Å²) in [6.07, 6.45) is 4.46. The van der Waals surface area contributed by atoms with Crippen molar-refractivity contribution in [2.45, 2.75) is 45.7 Å². The van der Waals surface area contributed by atoms with E-state index in [0.29, 0.717) is 19.5 Å². The van der Waals surface area contributed by atoms with Crippen molar-refractivity contribution in [3.63, 3.8) is 0 Å². The molecule has 1 aromatic carbocycles. The number of aryl methyl sites for hydroxylation is 1. The molecule has 2 aromatic rings. The van der Waals surface area contributed by atoms with Gasteiger partial charge < -0.3 is 20.1 Å². The SMILES string of the molecule is CCCn1ccc2ccc(NC(=O)NC3CCN(C(=O)CC)C3)cc21. The molecule has 1 saturated heterocycles. The third kappa shape index (κ3) is 3.95. The maximum absolute atomic E-state index is 12.3. The minimum absolute atomic E-state index is 0.0168. The van der Waals surface area contributed by atoms with Gasteiger partial charge in [-0.3, -0.25) is 4.79 Å². The number of urea groups is 1. The van der Waals surface area contributed by atoms with Crippen LogP contribution >= 0.6 is 0 Å². The molecule has 6 heteroatoms. The van der Waals surface area contributed by atoms with Crippen LogP contribution in [0.4, 0.5) is 10.5 Å². The van der Waals surface area contributed by atoms with Crippen molar-refractivity contribution < 1.29 is 9.59 Å². The molecule has 134 valence electrons. The smallest absolute Gasteiger partial charge is 0.319 e. The second-order valence-electron chi connectivity index (χ2n) is 6.56. The van der Waals surface area contributed by atoms with Gasteiger partial charge in [0.1, 0.15) is 0 Å². The van der Waals surface area contributed by atoms with E-state index in [-0.39, 0.29) is 18.0 Å². The Bertz CT molecular complexity index is 768. The number of nitrogens with one attached hydrogen (secondary N) is 2. The first-order chi connectivity index (χ1) is 12.1. The fourth-order valence-corrected chi connectivity index (χ4v) is 3.38. The zero-order valence-electron chi connectivity index (χ0n) is 14.9. The maximum atomic E-state index is 12.3. The Kier molecular flexibility index (Phi) is 5.26. The summed E-state index contributed by atoms with van der Waals surface area (Å²) in [5, 5.41) is 7.05. The number of carbonyl (C=O) groups is 2. The maximum Gasteiger partial charge on any atom is 0.319 e. The first-order valence-corrected chi connectivity index (χ1v) is 9.05. The Morgan fingerprint density at radius 3 is 2.84 bits per heavy atom. The Balaban J connectivity index is 1.60. The van der Waals surface area contributed by atoms with E-state index in [4.69, 9.17) is 0 Å². The van der Waals surface area contributed by atoms with Crippen LogP contribution in [0, 0.1) is 0 Å². The lowest BCUT2D eigenvalue weighted by molar-refractivity contribution is -0.129. The molecule has 1 unspecified atom stereocenters. The summed E-state index contributed by atoms with van der Waals surface area (Å²) in [6, 6.07) is 7.83. The minimum atomic E-state index is -0.219. The van der Waals surface area contributed by atoms with Crippen molar-refractivity contribution in [3.8, 4) is 0 Å². The number of carbonyl (C=O) groups excluding carboxylic acids is 2. The molecule has 0 spiro atoms. The Hall–Kier alpha value is -2.50. The molecule has 1 atom stereocenters. The van der Waals surface area contributed by atoms with Gasteiger partial charge in [-0.05, 0) is 36.4 Å². The van der Waals surface area contributed by atoms with Crippen molar-refractivity contribution in [3.05, 3.63) is 30.5 Å². The van der Waals surface area contributed by atoms with Gasteiger partial charge in [0.2, 0.25) is 5.91 Å². The van der Waals surface area contributed by atoms with E-state index in [1.807, 2.05) is 30.0 Å². The highest BCUT2D eigenvalue weighted by Gasteiger charge is 2.26. The number of amides is 3. The first-order valence-electron chi connectivity index (χ1n) is 9.05. The summed E-state index contributed by atoms with van der Waals surface area (Å²) in [4.78, 5) is 25.8. The highest BCUT2D eigenvalue weighted by Crippen LogP contribution is 2.21. The lowest BCUT2D eigenvalue weighted by atomic mass is 10.2. The van der Waals surface area contributed by atoms with Crippen molar-refractivity contribution in [2.24, 2.45) is 0 Å². The molecular formula is C19H26N4O2. The van der Waals surface area contributed by atoms with Crippen molar-refractivity contribution in [1.29, 1.82) is 0 Å². The second kappa shape index (κ2) is 7.59. The highest BCUT2D eigenvalue weighted by molar-refractivity contribution is 5.93. The number of rotatable bonds is 5. The van der Waals surface area contributed by atoms with Crippen molar-refractivity contribution in [2.75, 3.05) is 18.4 Å². The van der Waals surface area contributed by atoms with E-state index in [2.05, 4.69) is 34.4 Å². The van der Waals surface area contributed by atoms with Gasteiger partial charge in [0, 0.05) is 44.0 Å². The average Bonchev–Trinajstić information content (AvgIpc) is 3.22. The van der Waals surface area contributed by atoms with Crippen LogP contribution in [0.3, 0.4) is 0 Å². The lowest BCUT2D eigenvalue weighted by Crippen LogP contribution is -2.40. The van der Waals surface area contributed by atoms with Crippen LogP contribution in [0.25, 0.3) is 10.9 Å². The molecule has 6 nitrogen and oxygen atoms in total. The molecule has 2 N–H and O–H groups in total. The Labute approximate surface area is 148 Å². The average molecular weight is 342 g/mol. The number of hydrogen-bond donors (Lipinski definition) is 2. The van der Waals surface area contributed by atoms with E-state index in [0.717, 1.165) is 30.6 Å². The molecule has 0 aliphatic carbocycles. The van der Waals surface area contributed by atoms with E-state index in [1.165, 1.54) is 5.39 Å². The number of anilines is 1. The van der Waals surface area contributed by atoms with Gasteiger partial charge in [0.05, 0.1) is 5.52 Å². The summed E-state index contributed by atoms with van der Waals surface area (Å²) < 4.78 is 2.20. The molecule has 0 radical (unpaired) electrons. The van der Waals surface area contributed by atoms with Gasteiger partial charge >= 0.3 is 6.03 Å². The molecule has 1 fully saturated rings. The third-order valence-electron chi connectivity index (χ3n) is 4.67. The zero-order valence-corrected chi connectivity index (χ0v) is 14.9. The van der Waals surface area contributed by atoms with Crippen molar-refractivity contribution >= 4 is 28.5 Å². The first kappa shape index (κ1) is 17.3. The summed E-state index contributed by atoms with van der Waals surface area (Å²) in [6.45, 7) is 6.28. The van der Waals surface area contributed by atoms with E-state index in [1.54, 1.807) is 0 Å². The van der Waals surface area contributed by atoms with Gasteiger partial charge in [-0.25, -0.2) is 4.79 Å². The van der Waals surface area contributed by atoms with E-state index >= 15 is 0 Å².